The molecule has 0 aliphatic rings. The van der Waals surface area contributed by atoms with E-state index in [0.29, 0.717) is 5.92 Å². The van der Waals surface area contributed by atoms with Gasteiger partial charge in [-0.2, -0.15) is 0 Å². The van der Waals surface area contributed by atoms with E-state index >= 15 is 0 Å². The topological polar surface area (TPSA) is 20.3 Å². The Labute approximate surface area is 80.9 Å². The second-order valence-corrected chi connectivity index (χ2v) is 3.26. The van der Waals surface area contributed by atoms with Gasteiger partial charge in [-0.25, -0.2) is 0 Å². The Morgan fingerprint density at radius 2 is 2.15 bits per heavy atom. The van der Waals surface area contributed by atoms with Crippen LogP contribution in [0.2, 0.25) is 0 Å². The average Bonchev–Trinajstić information content (AvgIpc) is 2.11. The van der Waals surface area contributed by atoms with Crippen LogP contribution in [0.4, 0.5) is 0 Å². The molecule has 2 heteroatoms. The third-order valence-electron chi connectivity index (χ3n) is 1.96. The Morgan fingerprint density at radius 1 is 1.54 bits per heavy atom. The summed E-state index contributed by atoms with van der Waals surface area (Å²) in [6, 6.07) is 0. The standard InChI is InChI=1S/C11H19NO/c1-5-7-8-12(11(4)13)9-10(3)6-2/h5-6,10H,1-2,7-9H2,3-4H3. The van der Waals surface area contributed by atoms with Crippen LogP contribution in [-0.4, -0.2) is 23.9 Å². The maximum Gasteiger partial charge on any atom is 0.219 e. The van der Waals surface area contributed by atoms with Crippen LogP contribution < -0.4 is 0 Å². The van der Waals surface area contributed by atoms with E-state index in [9.17, 15) is 4.79 Å². The van der Waals surface area contributed by atoms with Crippen molar-refractivity contribution in [3.05, 3.63) is 25.3 Å². The van der Waals surface area contributed by atoms with Gasteiger partial charge in [0.2, 0.25) is 5.91 Å². The van der Waals surface area contributed by atoms with Crippen LogP contribution in [0.15, 0.2) is 25.3 Å². The predicted octanol–water partition coefficient (Wildman–Crippen LogP) is 2.23. The molecular weight excluding hydrogens is 162 g/mol. The minimum Gasteiger partial charge on any atom is -0.342 e. The zero-order valence-corrected chi connectivity index (χ0v) is 8.62. The van der Waals surface area contributed by atoms with E-state index in [0.717, 1.165) is 19.5 Å². The first kappa shape index (κ1) is 11.9. The predicted molar refractivity (Wildman–Crippen MR) is 56.4 cm³/mol. The van der Waals surface area contributed by atoms with E-state index in [1.165, 1.54) is 0 Å². The lowest BCUT2D eigenvalue weighted by Crippen LogP contribution is -2.33. The summed E-state index contributed by atoms with van der Waals surface area (Å²) in [6.45, 7) is 12.5. The Morgan fingerprint density at radius 3 is 2.54 bits per heavy atom. The Bertz CT molecular complexity index is 187. The summed E-state index contributed by atoms with van der Waals surface area (Å²) >= 11 is 0. The van der Waals surface area contributed by atoms with Gasteiger partial charge in [0.05, 0.1) is 0 Å². The van der Waals surface area contributed by atoms with Gasteiger partial charge in [-0.05, 0) is 12.3 Å². The zero-order chi connectivity index (χ0) is 10.3. The Kier molecular flexibility index (Phi) is 5.94. The Hall–Kier alpha value is -1.05. The highest BCUT2D eigenvalue weighted by Crippen LogP contribution is 2.02. The molecule has 0 saturated carbocycles. The van der Waals surface area contributed by atoms with Gasteiger partial charge < -0.3 is 4.90 Å². The number of nitrogens with zero attached hydrogens (tertiary/aromatic N) is 1. The van der Waals surface area contributed by atoms with Gasteiger partial charge in [0, 0.05) is 20.0 Å². The zero-order valence-electron chi connectivity index (χ0n) is 8.62. The normalized spacial score (nSPS) is 11.8. The molecule has 1 atom stereocenters. The molecule has 0 aliphatic carbocycles. The molecule has 0 aliphatic heterocycles. The number of carbonyl (C=O) groups excluding carboxylic acids is 1. The molecule has 0 bridgehead atoms. The summed E-state index contributed by atoms with van der Waals surface area (Å²) in [6.07, 6.45) is 4.54. The average molecular weight is 181 g/mol. The van der Waals surface area contributed by atoms with Crippen molar-refractivity contribution in [1.82, 2.24) is 4.90 Å². The molecule has 0 fully saturated rings. The van der Waals surface area contributed by atoms with Gasteiger partial charge in [-0.1, -0.05) is 19.1 Å². The minimum absolute atomic E-state index is 0.121. The molecule has 0 aromatic rings. The van der Waals surface area contributed by atoms with Crippen molar-refractivity contribution < 1.29 is 4.79 Å². The molecule has 0 N–H and O–H groups in total. The van der Waals surface area contributed by atoms with Crippen LogP contribution in [0.3, 0.4) is 0 Å². The highest BCUT2D eigenvalue weighted by Gasteiger charge is 2.09. The van der Waals surface area contributed by atoms with Crippen molar-refractivity contribution >= 4 is 5.91 Å². The van der Waals surface area contributed by atoms with E-state index in [2.05, 4.69) is 20.1 Å². The smallest absolute Gasteiger partial charge is 0.219 e. The summed E-state index contributed by atoms with van der Waals surface area (Å²) in [5.41, 5.74) is 0. The van der Waals surface area contributed by atoms with E-state index < -0.39 is 0 Å². The van der Waals surface area contributed by atoms with Crippen LogP contribution in [0.25, 0.3) is 0 Å². The first-order valence-electron chi connectivity index (χ1n) is 4.60. The van der Waals surface area contributed by atoms with Crippen LogP contribution in [0.1, 0.15) is 20.3 Å². The summed E-state index contributed by atoms with van der Waals surface area (Å²) < 4.78 is 0. The maximum absolute atomic E-state index is 11.2. The first-order valence-corrected chi connectivity index (χ1v) is 4.60. The number of amides is 1. The van der Waals surface area contributed by atoms with E-state index in [1.807, 2.05) is 17.1 Å². The largest absolute Gasteiger partial charge is 0.342 e. The fourth-order valence-electron chi connectivity index (χ4n) is 1.05. The van der Waals surface area contributed by atoms with Crippen molar-refractivity contribution in [2.75, 3.05) is 13.1 Å². The van der Waals surface area contributed by atoms with Crippen molar-refractivity contribution in [2.45, 2.75) is 20.3 Å². The third kappa shape index (κ3) is 5.23. The monoisotopic (exact) mass is 181 g/mol. The van der Waals surface area contributed by atoms with Crippen LogP contribution in [0, 0.1) is 5.92 Å². The lowest BCUT2D eigenvalue weighted by molar-refractivity contribution is -0.129. The third-order valence-corrected chi connectivity index (χ3v) is 1.96. The number of hydrogen-bond acceptors (Lipinski definition) is 1. The summed E-state index contributed by atoms with van der Waals surface area (Å²) in [4.78, 5) is 13.0. The molecule has 1 amide bonds. The molecule has 0 spiro atoms. The van der Waals surface area contributed by atoms with Gasteiger partial charge in [-0.15, -0.1) is 13.2 Å². The molecular formula is C11H19NO. The maximum atomic E-state index is 11.2. The van der Waals surface area contributed by atoms with Gasteiger partial charge >= 0.3 is 0 Å². The number of hydrogen-bond donors (Lipinski definition) is 0. The van der Waals surface area contributed by atoms with Crippen molar-refractivity contribution in [1.29, 1.82) is 0 Å². The molecule has 0 aromatic carbocycles. The minimum atomic E-state index is 0.121. The first-order chi connectivity index (χ1) is 6.11. The molecule has 13 heavy (non-hydrogen) atoms. The van der Waals surface area contributed by atoms with Gasteiger partial charge in [0.1, 0.15) is 0 Å². The number of carbonyl (C=O) groups is 1. The van der Waals surface area contributed by atoms with E-state index in [-0.39, 0.29) is 5.91 Å². The summed E-state index contributed by atoms with van der Waals surface area (Å²) in [7, 11) is 0. The van der Waals surface area contributed by atoms with E-state index in [4.69, 9.17) is 0 Å². The van der Waals surface area contributed by atoms with Crippen molar-refractivity contribution in [2.24, 2.45) is 5.92 Å². The quantitative estimate of drug-likeness (QED) is 0.575. The fourth-order valence-corrected chi connectivity index (χ4v) is 1.05. The van der Waals surface area contributed by atoms with Crippen LogP contribution in [-0.2, 0) is 4.79 Å². The van der Waals surface area contributed by atoms with E-state index in [1.54, 1.807) is 6.92 Å². The fraction of sp³-hybridized carbons (Fsp3) is 0.545. The van der Waals surface area contributed by atoms with Crippen LogP contribution in [0.5, 0.6) is 0 Å². The Balaban J connectivity index is 4.00. The number of rotatable bonds is 6. The molecule has 0 rings (SSSR count). The van der Waals surface area contributed by atoms with Crippen LogP contribution >= 0.6 is 0 Å². The molecule has 74 valence electrons. The van der Waals surface area contributed by atoms with Gasteiger partial charge in [0.15, 0.2) is 0 Å². The molecule has 0 heterocycles. The van der Waals surface area contributed by atoms with Crippen molar-refractivity contribution in [3.63, 3.8) is 0 Å². The highest BCUT2D eigenvalue weighted by molar-refractivity contribution is 5.73. The summed E-state index contributed by atoms with van der Waals surface area (Å²) in [5.74, 6) is 0.476. The highest BCUT2D eigenvalue weighted by atomic mass is 16.2. The molecule has 0 saturated heterocycles. The molecule has 2 nitrogen and oxygen atoms in total. The molecule has 0 radical (unpaired) electrons. The lowest BCUT2D eigenvalue weighted by atomic mass is 10.1. The summed E-state index contributed by atoms with van der Waals surface area (Å²) in [5, 5.41) is 0. The molecule has 1 unspecified atom stereocenters. The second kappa shape index (κ2) is 6.46. The van der Waals surface area contributed by atoms with Crippen molar-refractivity contribution in [3.8, 4) is 0 Å². The van der Waals surface area contributed by atoms with Gasteiger partial charge in [-0.3, -0.25) is 4.79 Å². The lowest BCUT2D eigenvalue weighted by Gasteiger charge is -2.22. The molecule has 0 aromatic heterocycles. The second-order valence-electron chi connectivity index (χ2n) is 3.26. The van der Waals surface area contributed by atoms with Gasteiger partial charge in [0.25, 0.3) is 0 Å². The SMILES string of the molecule is C=CCCN(CC(C)C=C)C(C)=O.